The van der Waals surface area contributed by atoms with E-state index in [1.807, 2.05) is 29.2 Å². The first-order valence-corrected chi connectivity index (χ1v) is 10.3. The maximum atomic E-state index is 12.6. The van der Waals surface area contributed by atoms with Gasteiger partial charge in [0.05, 0.1) is 5.69 Å². The van der Waals surface area contributed by atoms with Gasteiger partial charge < -0.3 is 9.80 Å². The van der Waals surface area contributed by atoms with Gasteiger partial charge in [-0.1, -0.05) is 48.5 Å². The van der Waals surface area contributed by atoms with Crippen LogP contribution < -0.4 is 4.90 Å². The van der Waals surface area contributed by atoms with Gasteiger partial charge in [-0.25, -0.2) is 4.98 Å². The number of amides is 1. The number of piperazine rings is 1. The zero-order valence-electron chi connectivity index (χ0n) is 15.3. The molecule has 2 aromatic carbocycles. The van der Waals surface area contributed by atoms with Crippen molar-refractivity contribution in [3.05, 3.63) is 71.7 Å². The molecule has 27 heavy (non-hydrogen) atoms. The molecule has 1 fully saturated rings. The standard InChI is InChI=1S/C22H23N3OS/c26-21(25-15-13-24(14-16-25)20-9-5-2-6-10-20)12-11-19-17-27-22(23-19)18-7-3-1-4-8-18/h1-10,17H,11-16H2. The predicted octanol–water partition coefficient (Wildman–Crippen LogP) is 4.09. The molecule has 1 saturated heterocycles. The quantitative estimate of drug-likeness (QED) is 0.672. The fourth-order valence-electron chi connectivity index (χ4n) is 3.38. The molecule has 138 valence electrons. The maximum Gasteiger partial charge on any atom is 0.223 e. The van der Waals surface area contributed by atoms with E-state index in [9.17, 15) is 4.79 Å². The third-order valence-corrected chi connectivity index (χ3v) is 5.86. The molecular weight excluding hydrogens is 354 g/mol. The smallest absolute Gasteiger partial charge is 0.223 e. The van der Waals surface area contributed by atoms with Gasteiger partial charge >= 0.3 is 0 Å². The number of rotatable bonds is 5. The molecule has 0 atom stereocenters. The molecule has 0 saturated carbocycles. The molecule has 0 N–H and O–H groups in total. The van der Waals surface area contributed by atoms with Crippen molar-refractivity contribution in [1.29, 1.82) is 0 Å². The Morgan fingerprint density at radius 3 is 2.30 bits per heavy atom. The van der Waals surface area contributed by atoms with Crippen molar-refractivity contribution in [2.45, 2.75) is 12.8 Å². The van der Waals surface area contributed by atoms with Crippen molar-refractivity contribution < 1.29 is 4.79 Å². The molecule has 1 aliphatic heterocycles. The molecule has 1 aromatic heterocycles. The van der Waals surface area contributed by atoms with Gasteiger partial charge in [-0.15, -0.1) is 11.3 Å². The first-order valence-electron chi connectivity index (χ1n) is 9.37. The second kappa shape index (κ2) is 8.35. The van der Waals surface area contributed by atoms with E-state index < -0.39 is 0 Å². The van der Waals surface area contributed by atoms with Crippen molar-refractivity contribution in [1.82, 2.24) is 9.88 Å². The largest absolute Gasteiger partial charge is 0.368 e. The van der Waals surface area contributed by atoms with E-state index in [-0.39, 0.29) is 5.91 Å². The molecule has 0 aliphatic carbocycles. The Hall–Kier alpha value is -2.66. The molecule has 2 heterocycles. The fourth-order valence-corrected chi connectivity index (χ4v) is 4.24. The average molecular weight is 378 g/mol. The lowest BCUT2D eigenvalue weighted by Gasteiger charge is -2.36. The van der Waals surface area contributed by atoms with Crippen molar-refractivity contribution >= 4 is 22.9 Å². The average Bonchev–Trinajstić information content (AvgIpc) is 3.22. The molecule has 5 heteroatoms. The zero-order chi connectivity index (χ0) is 18.5. The lowest BCUT2D eigenvalue weighted by molar-refractivity contribution is -0.131. The summed E-state index contributed by atoms with van der Waals surface area (Å²) < 4.78 is 0. The molecule has 0 unspecified atom stereocenters. The Bertz CT molecular complexity index is 871. The summed E-state index contributed by atoms with van der Waals surface area (Å²) in [5.41, 5.74) is 3.38. The third-order valence-electron chi connectivity index (χ3n) is 4.92. The van der Waals surface area contributed by atoms with Gasteiger partial charge in [0.15, 0.2) is 0 Å². The van der Waals surface area contributed by atoms with Crippen LogP contribution in [0.2, 0.25) is 0 Å². The first-order chi connectivity index (χ1) is 13.3. The van der Waals surface area contributed by atoms with E-state index in [1.54, 1.807) is 11.3 Å². The summed E-state index contributed by atoms with van der Waals surface area (Å²) in [7, 11) is 0. The summed E-state index contributed by atoms with van der Waals surface area (Å²) in [6.07, 6.45) is 1.24. The van der Waals surface area contributed by atoms with Gasteiger partial charge in [-0.2, -0.15) is 0 Å². The van der Waals surface area contributed by atoms with Crippen molar-refractivity contribution in [3.63, 3.8) is 0 Å². The third kappa shape index (κ3) is 4.37. The number of aryl methyl sites for hydroxylation is 1. The Morgan fingerprint density at radius 1 is 0.926 bits per heavy atom. The SMILES string of the molecule is O=C(CCc1csc(-c2ccccc2)n1)N1CCN(c2ccccc2)CC1. The first kappa shape index (κ1) is 17.7. The van der Waals surface area contributed by atoms with E-state index >= 15 is 0 Å². The van der Waals surface area contributed by atoms with Gasteiger partial charge in [0.2, 0.25) is 5.91 Å². The zero-order valence-corrected chi connectivity index (χ0v) is 16.1. The van der Waals surface area contributed by atoms with Crippen LogP contribution in [-0.2, 0) is 11.2 Å². The number of thiazole rings is 1. The van der Waals surface area contributed by atoms with E-state index in [1.165, 1.54) is 5.69 Å². The van der Waals surface area contributed by atoms with Crippen LogP contribution in [0, 0.1) is 0 Å². The van der Waals surface area contributed by atoms with Crippen LogP contribution >= 0.6 is 11.3 Å². The molecule has 0 radical (unpaired) electrons. The molecule has 0 bridgehead atoms. The normalized spacial score (nSPS) is 14.4. The molecule has 4 nitrogen and oxygen atoms in total. The lowest BCUT2D eigenvalue weighted by Crippen LogP contribution is -2.48. The number of hydrogen-bond acceptors (Lipinski definition) is 4. The van der Waals surface area contributed by atoms with Gasteiger partial charge in [0, 0.05) is 49.2 Å². The van der Waals surface area contributed by atoms with E-state index in [0.717, 1.165) is 42.4 Å². The highest BCUT2D eigenvalue weighted by atomic mass is 32.1. The van der Waals surface area contributed by atoms with Crippen molar-refractivity contribution in [2.75, 3.05) is 31.1 Å². The Morgan fingerprint density at radius 2 is 1.59 bits per heavy atom. The number of benzene rings is 2. The molecule has 1 amide bonds. The van der Waals surface area contributed by atoms with Crippen LogP contribution in [0.5, 0.6) is 0 Å². The van der Waals surface area contributed by atoms with E-state index in [4.69, 9.17) is 0 Å². The summed E-state index contributed by atoms with van der Waals surface area (Å²) in [6.45, 7) is 3.37. The minimum Gasteiger partial charge on any atom is -0.368 e. The molecular formula is C22H23N3OS. The van der Waals surface area contributed by atoms with Gasteiger partial charge in [-0.05, 0) is 18.6 Å². The second-order valence-electron chi connectivity index (χ2n) is 6.71. The number of nitrogens with zero attached hydrogens (tertiary/aromatic N) is 3. The fraction of sp³-hybridized carbons (Fsp3) is 0.273. The predicted molar refractivity (Wildman–Crippen MR) is 111 cm³/mol. The van der Waals surface area contributed by atoms with E-state index in [0.29, 0.717) is 12.8 Å². The van der Waals surface area contributed by atoms with Crippen LogP contribution in [0.25, 0.3) is 10.6 Å². The second-order valence-corrected chi connectivity index (χ2v) is 7.57. The van der Waals surface area contributed by atoms with Crippen molar-refractivity contribution in [3.8, 4) is 10.6 Å². The number of hydrogen-bond donors (Lipinski definition) is 0. The summed E-state index contributed by atoms with van der Waals surface area (Å²) in [4.78, 5) is 21.6. The summed E-state index contributed by atoms with van der Waals surface area (Å²) in [5, 5.41) is 3.10. The number of para-hydroxylation sites is 1. The highest BCUT2D eigenvalue weighted by Crippen LogP contribution is 2.24. The summed E-state index contributed by atoms with van der Waals surface area (Å²) in [6, 6.07) is 20.6. The molecule has 4 rings (SSSR count). The number of carbonyl (C=O) groups is 1. The Balaban J connectivity index is 1.27. The highest BCUT2D eigenvalue weighted by molar-refractivity contribution is 7.13. The van der Waals surface area contributed by atoms with Crippen LogP contribution in [0.4, 0.5) is 5.69 Å². The van der Waals surface area contributed by atoms with Crippen molar-refractivity contribution in [2.24, 2.45) is 0 Å². The van der Waals surface area contributed by atoms with Crippen LogP contribution in [0.3, 0.4) is 0 Å². The topological polar surface area (TPSA) is 36.4 Å². The van der Waals surface area contributed by atoms with Crippen LogP contribution in [0.15, 0.2) is 66.0 Å². The van der Waals surface area contributed by atoms with Crippen LogP contribution in [0.1, 0.15) is 12.1 Å². The van der Waals surface area contributed by atoms with Gasteiger partial charge in [0.1, 0.15) is 5.01 Å². The van der Waals surface area contributed by atoms with Gasteiger partial charge in [0.25, 0.3) is 0 Å². The number of carbonyl (C=O) groups excluding carboxylic acids is 1. The maximum absolute atomic E-state index is 12.6. The molecule has 0 spiro atoms. The molecule has 3 aromatic rings. The minimum atomic E-state index is 0.233. The molecule has 1 aliphatic rings. The lowest BCUT2D eigenvalue weighted by atomic mass is 10.2. The summed E-state index contributed by atoms with van der Waals surface area (Å²) in [5.74, 6) is 0.233. The Kier molecular flexibility index (Phi) is 5.49. The summed E-state index contributed by atoms with van der Waals surface area (Å²) >= 11 is 1.65. The van der Waals surface area contributed by atoms with Crippen LogP contribution in [-0.4, -0.2) is 42.0 Å². The van der Waals surface area contributed by atoms with E-state index in [2.05, 4.69) is 51.7 Å². The van der Waals surface area contributed by atoms with Gasteiger partial charge in [-0.3, -0.25) is 4.79 Å². The Labute approximate surface area is 164 Å². The number of anilines is 1. The monoisotopic (exact) mass is 377 g/mol. The highest BCUT2D eigenvalue weighted by Gasteiger charge is 2.21. The minimum absolute atomic E-state index is 0.233. The number of aromatic nitrogens is 1.